The van der Waals surface area contributed by atoms with Crippen LogP contribution in [0.1, 0.15) is 38.5 Å². The summed E-state index contributed by atoms with van der Waals surface area (Å²) < 4.78 is 0. The highest BCUT2D eigenvalue weighted by Gasteiger charge is 2.37. The summed E-state index contributed by atoms with van der Waals surface area (Å²) in [6, 6.07) is -3.00. The molecule has 0 saturated carbocycles. The number of carbonyl (C=O) groups is 4. The molecule has 1 saturated heterocycles. The summed E-state index contributed by atoms with van der Waals surface area (Å²) in [5, 5.41) is 20.4. The van der Waals surface area contributed by atoms with Crippen molar-refractivity contribution in [1.29, 1.82) is 0 Å². The van der Waals surface area contributed by atoms with Crippen molar-refractivity contribution < 1.29 is 29.4 Å². The van der Waals surface area contributed by atoms with Gasteiger partial charge in [-0.2, -0.15) is 0 Å². The van der Waals surface area contributed by atoms with Crippen LogP contribution in [-0.2, 0) is 19.2 Å². The number of carboxylic acid groups (broad SMARTS) is 2. The van der Waals surface area contributed by atoms with E-state index in [0.29, 0.717) is 25.8 Å². The number of nitrogens with two attached hydrogens (primary N) is 3. The summed E-state index contributed by atoms with van der Waals surface area (Å²) in [6.07, 6.45) is 1.12. The number of hydrogen-bond acceptors (Lipinski definition) is 6. The highest BCUT2D eigenvalue weighted by molar-refractivity contribution is 5.92. The molecule has 1 rings (SSSR count). The Morgan fingerprint density at radius 3 is 2.43 bits per heavy atom. The molecule has 158 valence electrons. The first-order valence-corrected chi connectivity index (χ1v) is 9.00. The van der Waals surface area contributed by atoms with E-state index in [1.54, 1.807) is 0 Å². The lowest BCUT2D eigenvalue weighted by atomic mass is 10.1. The van der Waals surface area contributed by atoms with Crippen molar-refractivity contribution in [2.75, 3.05) is 13.1 Å². The zero-order chi connectivity index (χ0) is 21.3. The Balaban J connectivity index is 2.66. The number of carbonyl (C=O) groups excluding carboxylic acids is 2. The van der Waals surface area contributed by atoms with E-state index < -0.39 is 41.9 Å². The molecule has 12 heteroatoms. The molecule has 12 nitrogen and oxygen atoms in total. The standard InChI is InChI=1S/C16H28N6O6/c17-9(5-6-12(23)24)14(26)22-8-2-4-11(22)13(25)21-10(15(27)28)3-1-7-20-16(18)19/h9-11H,1-8,17H2,(H,21,25)(H,23,24)(H,27,28)(H4,18,19,20). The third kappa shape index (κ3) is 7.39. The number of nitrogens with one attached hydrogen (secondary N) is 1. The summed E-state index contributed by atoms with van der Waals surface area (Å²) in [7, 11) is 0. The Bertz CT molecular complexity index is 621. The smallest absolute Gasteiger partial charge is 0.326 e. The van der Waals surface area contributed by atoms with Gasteiger partial charge in [-0.1, -0.05) is 0 Å². The third-order valence-corrected chi connectivity index (χ3v) is 4.38. The molecule has 0 spiro atoms. The predicted octanol–water partition coefficient (Wildman–Crippen LogP) is -2.21. The van der Waals surface area contributed by atoms with Crippen molar-refractivity contribution in [3.05, 3.63) is 0 Å². The fourth-order valence-electron chi connectivity index (χ4n) is 2.95. The number of rotatable bonds is 11. The van der Waals surface area contributed by atoms with Gasteiger partial charge in [0.2, 0.25) is 11.8 Å². The summed E-state index contributed by atoms with van der Waals surface area (Å²) in [5.74, 6) is -3.46. The van der Waals surface area contributed by atoms with Crippen LogP contribution in [-0.4, -0.2) is 76.0 Å². The van der Waals surface area contributed by atoms with Crippen LogP contribution in [0.3, 0.4) is 0 Å². The van der Waals surface area contributed by atoms with Gasteiger partial charge in [0.1, 0.15) is 12.1 Å². The van der Waals surface area contributed by atoms with Gasteiger partial charge in [0.05, 0.1) is 6.04 Å². The number of likely N-dealkylation sites (tertiary alicyclic amines) is 1. The van der Waals surface area contributed by atoms with Crippen molar-refractivity contribution in [2.45, 2.75) is 56.7 Å². The van der Waals surface area contributed by atoms with Gasteiger partial charge in [-0.25, -0.2) is 4.79 Å². The van der Waals surface area contributed by atoms with E-state index in [4.69, 9.17) is 22.3 Å². The molecule has 1 heterocycles. The molecule has 2 amide bonds. The fraction of sp³-hybridized carbons (Fsp3) is 0.688. The van der Waals surface area contributed by atoms with E-state index in [0.717, 1.165) is 0 Å². The lowest BCUT2D eigenvalue weighted by Gasteiger charge is -2.27. The van der Waals surface area contributed by atoms with E-state index in [1.807, 2.05) is 0 Å². The Morgan fingerprint density at radius 2 is 1.86 bits per heavy atom. The number of carboxylic acids is 2. The second-order valence-electron chi connectivity index (χ2n) is 6.58. The number of aliphatic carboxylic acids is 2. The first-order valence-electron chi connectivity index (χ1n) is 9.00. The Morgan fingerprint density at radius 1 is 1.18 bits per heavy atom. The maximum absolute atomic E-state index is 12.5. The molecular formula is C16H28N6O6. The van der Waals surface area contributed by atoms with E-state index in [1.165, 1.54) is 4.90 Å². The van der Waals surface area contributed by atoms with Crippen LogP contribution in [0.25, 0.3) is 0 Å². The van der Waals surface area contributed by atoms with E-state index in [-0.39, 0.29) is 31.8 Å². The number of aliphatic imine (C=N–C) groups is 1. The Kier molecular flexibility index (Phi) is 9.15. The average molecular weight is 400 g/mol. The van der Waals surface area contributed by atoms with Crippen LogP contribution < -0.4 is 22.5 Å². The molecule has 0 radical (unpaired) electrons. The first kappa shape index (κ1) is 23.1. The molecule has 0 aromatic carbocycles. The second kappa shape index (κ2) is 11.1. The van der Waals surface area contributed by atoms with Crippen molar-refractivity contribution >= 4 is 29.7 Å². The van der Waals surface area contributed by atoms with Crippen LogP contribution in [0.5, 0.6) is 0 Å². The summed E-state index contributed by atoms with van der Waals surface area (Å²) >= 11 is 0. The minimum absolute atomic E-state index is 0.0401. The monoisotopic (exact) mass is 400 g/mol. The van der Waals surface area contributed by atoms with Gasteiger partial charge in [-0.05, 0) is 32.1 Å². The number of amides is 2. The minimum atomic E-state index is -1.20. The van der Waals surface area contributed by atoms with Gasteiger partial charge >= 0.3 is 11.9 Å². The van der Waals surface area contributed by atoms with Gasteiger partial charge < -0.3 is 37.6 Å². The van der Waals surface area contributed by atoms with E-state index >= 15 is 0 Å². The molecule has 3 unspecified atom stereocenters. The molecule has 3 atom stereocenters. The zero-order valence-corrected chi connectivity index (χ0v) is 15.5. The molecule has 9 N–H and O–H groups in total. The molecule has 1 aliphatic heterocycles. The van der Waals surface area contributed by atoms with Crippen LogP contribution in [0.4, 0.5) is 0 Å². The molecule has 28 heavy (non-hydrogen) atoms. The van der Waals surface area contributed by atoms with Crippen LogP contribution >= 0.6 is 0 Å². The summed E-state index contributed by atoms with van der Waals surface area (Å²) in [5.41, 5.74) is 16.1. The molecule has 0 aliphatic carbocycles. The number of nitrogens with zero attached hydrogens (tertiary/aromatic N) is 2. The highest BCUT2D eigenvalue weighted by atomic mass is 16.4. The maximum atomic E-state index is 12.5. The largest absolute Gasteiger partial charge is 0.481 e. The molecule has 0 aromatic rings. The highest BCUT2D eigenvalue weighted by Crippen LogP contribution is 2.19. The van der Waals surface area contributed by atoms with Crippen molar-refractivity contribution in [3.63, 3.8) is 0 Å². The van der Waals surface area contributed by atoms with Crippen LogP contribution in [0, 0.1) is 0 Å². The molecular weight excluding hydrogens is 372 g/mol. The van der Waals surface area contributed by atoms with Crippen LogP contribution in [0.2, 0.25) is 0 Å². The predicted molar refractivity (Wildman–Crippen MR) is 99.1 cm³/mol. The van der Waals surface area contributed by atoms with Gasteiger partial charge in [0, 0.05) is 19.5 Å². The minimum Gasteiger partial charge on any atom is -0.481 e. The van der Waals surface area contributed by atoms with E-state index in [9.17, 15) is 24.3 Å². The van der Waals surface area contributed by atoms with Crippen molar-refractivity contribution in [2.24, 2.45) is 22.2 Å². The fourth-order valence-corrected chi connectivity index (χ4v) is 2.95. The SMILES string of the molecule is NC(N)=NCCCC(NC(=O)C1CCCN1C(=O)C(N)CCC(=O)O)C(=O)O. The second-order valence-corrected chi connectivity index (χ2v) is 6.58. The maximum Gasteiger partial charge on any atom is 0.326 e. The first-order chi connectivity index (χ1) is 13.1. The Labute approximate surface area is 162 Å². The number of guanidine groups is 1. The quantitative estimate of drug-likeness (QED) is 0.126. The summed E-state index contributed by atoms with van der Waals surface area (Å²) in [4.78, 5) is 52.0. The van der Waals surface area contributed by atoms with Crippen LogP contribution in [0.15, 0.2) is 4.99 Å². The lowest BCUT2D eigenvalue weighted by molar-refractivity contribution is -0.144. The number of hydrogen-bond donors (Lipinski definition) is 6. The molecule has 1 fully saturated rings. The van der Waals surface area contributed by atoms with Crippen molar-refractivity contribution in [1.82, 2.24) is 10.2 Å². The average Bonchev–Trinajstić information content (AvgIpc) is 3.10. The normalized spacial score (nSPS) is 18.2. The van der Waals surface area contributed by atoms with Gasteiger partial charge in [0.25, 0.3) is 0 Å². The Hall–Kier alpha value is -2.89. The zero-order valence-electron chi connectivity index (χ0n) is 15.5. The molecule has 0 aromatic heterocycles. The van der Waals surface area contributed by atoms with E-state index in [2.05, 4.69) is 10.3 Å². The lowest BCUT2D eigenvalue weighted by Crippen LogP contribution is -2.53. The topological polar surface area (TPSA) is 214 Å². The van der Waals surface area contributed by atoms with Gasteiger partial charge in [-0.15, -0.1) is 0 Å². The third-order valence-electron chi connectivity index (χ3n) is 4.38. The molecule has 0 bridgehead atoms. The summed E-state index contributed by atoms with van der Waals surface area (Å²) in [6.45, 7) is 0.536. The van der Waals surface area contributed by atoms with Gasteiger partial charge in [0.15, 0.2) is 5.96 Å². The molecule has 1 aliphatic rings. The van der Waals surface area contributed by atoms with Crippen molar-refractivity contribution in [3.8, 4) is 0 Å². The van der Waals surface area contributed by atoms with Gasteiger partial charge in [-0.3, -0.25) is 19.4 Å².